The number of rotatable bonds is 3. The Hall–Kier alpha value is -3.89. The van der Waals surface area contributed by atoms with Crippen LogP contribution in [0.25, 0.3) is 11.4 Å². The number of hydrogen-bond acceptors (Lipinski definition) is 6. The van der Waals surface area contributed by atoms with Crippen LogP contribution in [0.15, 0.2) is 53.1 Å². The van der Waals surface area contributed by atoms with Gasteiger partial charge in [0.2, 0.25) is 5.82 Å². The van der Waals surface area contributed by atoms with Gasteiger partial charge in [-0.25, -0.2) is 4.79 Å². The lowest BCUT2D eigenvalue weighted by atomic mass is 9.85. The van der Waals surface area contributed by atoms with Crippen molar-refractivity contribution in [3.8, 4) is 11.4 Å². The van der Waals surface area contributed by atoms with E-state index in [1.165, 1.54) is 6.07 Å². The molecule has 38 heavy (non-hydrogen) atoms. The van der Waals surface area contributed by atoms with E-state index in [0.29, 0.717) is 36.2 Å². The molecule has 2 atom stereocenters. The molecule has 2 aromatic carbocycles. The third-order valence-corrected chi connectivity index (χ3v) is 6.72. The zero-order valence-corrected chi connectivity index (χ0v) is 21.2. The Balaban J connectivity index is 1.40. The summed E-state index contributed by atoms with van der Waals surface area (Å²) in [7, 11) is 0. The van der Waals surface area contributed by atoms with Gasteiger partial charge in [0, 0.05) is 42.7 Å². The van der Waals surface area contributed by atoms with Crippen LogP contribution in [0, 0.1) is 0 Å². The Bertz CT molecular complexity index is 1350. The molecule has 0 unspecified atom stereocenters. The van der Waals surface area contributed by atoms with Crippen LogP contribution in [-0.2, 0) is 17.5 Å². The molecule has 0 bridgehead atoms. The highest BCUT2D eigenvalue weighted by Crippen LogP contribution is 2.37. The fraction of sp³-hybridized carbons (Fsp3) is 0.407. The first kappa shape index (κ1) is 25.7. The van der Waals surface area contributed by atoms with Gasteiger partial charge in [-0.3, -0.25) is 4.79 Å². The lowest BCUT2D eigenvalue weighted by Gasteiger charge is -2.43. The Labute approximate surface area is 217 Å². The summed E-state index contributed by atoms with van der Waals surface area (Å²) in [6, 6.07) is 14.3. The molecule has 0 saturated carbocycles. The summed E-state index contributed by atoms with van der Waals surface area (Å²) in [5.41, 5.74) is 1.86. The molecule has 8 nitrogen and oxygen atoms in total. The van der Waals surface area contributed by atoms with Crippen molar-refractivity contribution in [3.05, 3.63) is 71.1 Å². The molecule has 2 aliphatic rings. The monoisotopic (exact) mass is 528 g/mol. The van der Waals surface area contributed by atoms with Crippen LogP contribution in [0.5, 0.6) is 0 Å². The highest BCUT2D eigenvalue weighted by atomic mass is 19.4. The molecule has 1 fully saturated rings. The SMILES string of the molecule is CC(C)(C)OC(=O)N1CC[C@H](N2Cc3cc(-c4noc(C(F)(F)F)n4)ccc3C2=O)[C@@H](c2ccccc2)C1. The quantitative estimate of drug-likeness (QED) is 0.446. The molecule has 3 heterocycles. The number of aromatic nitrogens is 2. The van der Waals surface area contributed by atoms with E-state index in [0.717, 1.165) is 5.56 Å². The number of benzene rings is 2. The molecular formula is C27H27F3N4O4. The highest BCUT2D eigenvalue weighted by molar-refractivity contribution is 5.99. The molecule has 0 aliphatic carbocycles. The Morgan fingerprint density at radius 1 is 1.11 bits per heavy atom. The van der Waals surface area contributed by atoms with Gasteiger partial charge in [-0.2, -0.15) is 18.2 Å². The van der Waals surface area contributed by atoms with E-state index < -0.39 is 23.8 Å². The molecule has 0 N–H and O–H groups in total. The van der Waals surface area contributed by atoms with Crippen LogP contribution in [-0.4, -0.2) is 56.7 Å². The minimum atomic E-state index is -4.74. The van der Waals surface area contributed by atoms with Crippen LogP contribution < -0.4 is 0 Å². The second-order valence-corrected chi connectivity index (χ2v) is 10.5. The molecule has 200 valence electrons. The number of nitrogens with zero attached hydrogens (tertiary/aromatic N) is 4. The van der Waals surface area contributed by atoms with Crippen molar-refractivity contribution in [1.29, 1.82) is 0 Å². The van der Waals surface area contributed by atoms with E-state index in [9.17, 15) is 22.8 Å². The van der Waals surface area contributed by atoms with E-state index in [4.69, 9.17) is 4.74 Å². The maximum atomic E-state index is 13.5. The minimum absolute atomic E-state index is 0.151. The summed E-state index contributed by atoms with van der Waals surface area (Å²) in [4.78, 5) is 33.2. The van der Waals surface area contributed by atoms with Crippen molar-refractivity contribution in [2.45, 2.75) is 57.5 Å². The van der Waals surface area contributed by atoms with E-state index in [-0.39, 0.29) is 30.2 Å². The Morgan fingerprint density at radius 2 is 1.84 bits per heavy atom. The van der Waals surface area contributed by atoms with Gasteiger partial charge in [-0.1, -0.05) is 41.6 Å². The third kappa shape index (κ3) is 5.09. The van der Waals surface area contributed by atoms with Gasteiger partial charge < -0.3 is 19.1 Å². The summed E-state index contributed by atoms with van der Waals surface area (Å²) < 4.78 is 48.6. The Kier molecular flexibility index (Phi) is 6.40. The zero-order chi connectivity index (χ0) is 27.2. The molecule has 11 heteroatoms. The number of alkyl halides is 3. The van der Waals surface area contributed by atoms with Gasteiger partial charge in [-0.15, -0.1) is 0 Å². The number of fused-ring (bicyclic) bond motifs is 1. The maximum Gasteiger partial charge on any atom is 0.471 e. The van der Waals surface area contributed by atoms with E-state index >= 15 is 0 Å². The van der Waals surface area contributed by atoms with E-state index in [2.05, 4.69) is 14.7 Å². The first-order valence-corrected chi connectivity index (χ1v) is 12.3. The summed E-state index contributed by atoms with van der Waals surface area (Å²) in [6.45, 7) is 6.56. The fourth-order valence-corrected chi connectivity index (χ4v) is 5.04. The lowest BCUT2D eigenvalue weighted by molar-refractivity contribution is -0.159. The topological polar surface area (TPSA) is 88.8 Å². The third-order valence-electron chi connectivity index (χ3n) is 6.72. The summed E-state index contributed by atoms with van der Waals surface area (Å²) in [6.07, 6.45) is -4.59. The molecule has 1 aromatic heterocycles. The average Bonchev–Trinajstić information content (AvgIpc) is 3.48. The van der Waals surface area contributed by atoms with Crippen molar-refractivity contribution < 1.29 is 32.0 Å². The predicted molar refractivity (Wildman–Crippen MR) is 130 cm³/mol. The number of hydrogen-bond donors (Lipinski definition) is 0. The first-order chi connectivity index (χ1) is 17.9. The number of amides is 2. The second kappa shape index (κ2) is 9.45. The second-order valence-electron chi connectivity index (χ2n) is 10.5. The zero-order valence-electron chi connectivity index (χ0n) is 21.2. The lowest BCUT2D eigenvalue weighted by Crippen LogP contribution is -2.52. The minimum Gasteiger partial charge on any atom is -0.444 e. The van der Waals surface area contributed by atoms with Gasteiger partial charge in [0.05, 0.1) is 0 Å². The summed E-state index contributed by atoms with van der Waals surface area (Å²) in [5, 5.41) is 3.45. The first-order valence-electron chi connectivity index (χ1n) is 12.3. The molecule has 2 amide bonds. The number of carbonyl (C=O) groups excluding carboxylic acids is 2. The van der Waals surface area contributed by atoms with E-state index in [1.54, 1.807) is 21.9 Å². The normalized spacial score (nSPS) is 20.0. The van der Waals surface area contributed by atoms with Crippen LogP contribution in [0.4, 0.5) is 18.0 Å². The van der Waals surface area contributed by atoms with Crippen molar-refractivity contribution in [2.75, 3.05) is 13.1 Å². The van der Waals surface area contributed by atoms with Gasteiger partial charge in [-0.05, 0) is 50.5 Å². The average molecular weight is 529 g/mol. The number of halogens is 3. The van der Waals surface area contributed by atoms with Crippen molar-refractivity contribution >= 4 is 12.0 Å². The van der Waals surface area contributed by atoms with Gasteiger partial charge >= 0.3 is 18.2 Å². The Morgan fingerprint density at radius 3 is 2.50 bits per heavy atom. The van der Waals surface area contributed by atoms with Crippen molar-refractivity contribution in [3.63, 3.8) is 0 Å². The number of likely N-dealkylation sites (tertiary alicyclic amines) is 1. The number of ether oxygens (including phenoxy) is 1. The molecule has 3 aromatic rings. The van der Waals surface area contributed by atoms with Gasteiger partial charge in [0.1, 0.15) is 5.60 Å². The molecule has 2 aliphatic heterocycles. The van der Waals surface area contributed by atoms with Gasteiger partial charge in [0.25, 0.3) is 5.91 Å². The molecule has 5 rings (SSSR count). The fourth-order valence-electron chi connectivity index (χ4n) is 5.04. The number of carbonyl (C=O) groups is 2. The van der Waals surface area contributed by atoms with Gasteiger partial charge in [0.15, 0.2) is 0 Å². The summed E-state index contributed by atoms with van der Waals surface area (Å²) in [5.74, 6) is -1.93. The highest BCUT2D eigenvalue weighted by Gasteiger charge is 2.42. The molecule has 0 radical (unpaired) electrons. The van der Waals surface area contributed by atoms with E-state index in [1.807, 2.05) is 51.1 Å². The number of piperidine rings is 1. The van der Waals surface area contributed by atoms with Crippen LogP contribution >= 0.6 is 0 Å². The maximum absolute atomic E-state index is 13.5. The molecular weight excluding hydrogens is 501 g/mol. The van der Waals surface area contributed by atoms with Crippen LogP contribution in [0.2, 0.25) is 0 Å². The predicted octanol–water partition coefficient (Wildman–Crippen LogP) is 5.50. The standard InChI is InChI=1S/C27H27F3N4O4/c1-26(2,3)37-25(36)33-12-11-21(20(15-33)16-7-5-4-6-8-16)34-14-18-13-17(9-10-19(18)23(34)35)22-31-24(38-32-22)27(28,29)30/h4-10,13,20-21H,11-12,14-15H2,1-3H3/t20-,21+/m1/s1. The smallest absolute Gasteiger partial charge is 0.444 e. The molecule has 0 spiro atoms. The largest absolute Gasteiger partial charge is 0.471 e. The summed E-state index contributed by atoms with van der Waals surface area (Å²) >= 11 is 0. The molecule has 1 saturated heterocycles. The van der Waals surface area contributed by atoms with Crippen molar-refractivity contribution in [2.24, 2.45) is 0 Å². The van der Waals surface area contributed by atoms with Crippen LogP contribution in [0.1, 0.15) is 60.5 Å². The van der Waals surface area contributed by atoms with Crippen molar-refractivity contribution in [1.82, 2.24) is 19.9 Å². The van der Waals surface area contributed by atoms with Crippen LogP contribution in [0.3, 0.4) is 0 Å².